The van der Waals surface area contributed by atoms with Gasteiger partial charge in [-0.15, -0.1) is 0 Å². The van der Waals surface area contributed by atoms with Crippen LogP contribution in [0.2, 0.25) is 0 Å². The zero-order chi connectivity index (χ0) is 65.8. The molecule has 20 nitrogen and oxygen atoms in total. The van der Waals surface area contributed by atoms with E-state index in [9.17, 15) is 35.5 Å². The van der Waals surface area contributed by atoms with E-state index in [1.165, 1.54) is 70.8 Å². The van der Waals surface area contributed by atoms with Crippen molar-refractivity contribution in [3.8, 4) is 46.0 Å². The van der Waals surface area contributed by atoms with Crippen LogP contribution in [0.5, 0.6) is 46.0 Å². The average molecular weight is 1280 g/mol. The van der Waals surface area contributed by atoms with Gasteiger partial charge in [0.15, 0.2) is 46.0 Å². The Labute approximate surface area is 532 Å². The second-order valence-corrected chi connectivity index (χ2v) is 25.8. The Morgan fingerprint density at radius 3 is 1.06 bits per heavy atom. The number of unbranched alkanes of at least 4 members (excludes halogenated alkanes) is 3. The van der Waals surface area contributed by atoms with Gasteiger partial charge in [0, 0.05) is 64.0 Å². The fraction of sp³-hybridized carbons (Fsp3) is 0.441. The number of methoxy groups -OCH3 is 8. The molecule has 2 amide bonds. The molecule has 90 heavy (non-hydrogen) atoms. The van der Waals surface area contributed by atoms with Crippen molar-refractivity contribution in [2.24, 2.45) is 0 Å². The molecule has 0 saturated heterocycles. The summed E-state index contributed by atoms with van der Waals surface area (Å²) in [7, 11) is 13.2. The van der Waals surface area contributed by atoms with Gasteiger partial charge in [-0.3, -0.25) is 9.59 Å². The summed E-state index contributed by atoms with van der Waals surface area (Å²) in [5.41, 5.74) is 7.20. The smallest absolute Gasteiger partial charge is 0.227 e. The van der Waals surface area contributed by atoms with E-state index >= 15 is 0 Å². The first-order chi connectivity index (χ1) is 42.9. The van der Waals surface area contributed by atoms with Crippen LogP contribution in [0.25, 0.3) is 0 Å². The third-order valence-electron chi connectivity index (χ3n) is 17.4. The summed E-state index contributed by atoms with van der Waals surface area (Å²) < 4.78 is 108. The van der Waals surface area contributed by atoms with E-state index in [1.807, 2.05) is 36.0 Å². The minimum absolute atomic E-state index is 0.0819. The van der Waals surface area contributed by atoms with E-state index in [2.05, 4.69) is 62.6 Å². The van der Waals surface area contributed by atoms with Crippen molar-refractivity contribution in [3.05, 3.63) is 155 Å². The number of quaternary nitrogens is 2. The number of carbonyl (C=O) groups excluding carboxylic acids is 2. The highest BCUT2D eigenvalue weighted by Gasteiger charge is 2.42. The van der Waals surface area contributed by atoms with Gasteiger partial charge in [0.1, 0.15) is 32.3 Å². The number of benzene rings is 6. The van der Waals surface area contributed by atoms with Crippen molar-refractivity contribution in [1.29, 1.82) is 0 Å². The number of fused-ring (bicyclic) bond motifs is 2. The number of nitrogens with zero attached hydrogens (tertiary/aromatic N) is 4. The lowest BCUT2D eigenvalue weighted by Gasteiger charge is -2.46. The van der Waals surface area contributed by atoms with Gasteiger partial charge < -0.3 is 65.8 Å². The van der Waals surface area contributed by atoms with Crippen LogP contribution in [-0.2, 0) is 55.5 Å². The minimum Gasteiger partial charge on any atom is -0.744 e. The summed E-state index contributed by atoms with van der Waals surface area (Å²) in [6.07, 6.45) is 7.98. The van der Waals surface area contributed by atoms with E-state index in [0.717, 1.165) is 96.0 Å². The van der Waals surface area contributed by atoms with Crippen molar-refractivity contribution < 1.29 is 82.4 Å². The molecule has 2 aliphatic heterocycles. The molecule has 0 bridgehead atoms. The predicted octanol–water partition coefficient (Wildman–Crippen LogP) is 9.47. The molecule has 6 aromatic rings. The van der Waals surface area contributed by atoms with Crippen LogP contribution in [0.1, 0.15) is 84.0 Å². The maximum atomic E-state index is 13.7. The van der Waals surface area contributed by atoms with Crippen molar-refractivity contribution in [1.82, 2.24) is 9.80 Å². The predicted molar refractivity (Wildman–Crippen MR) is 342 cm³/mol. The highest BCUT2D eigenvalue weighted by atomic mass is 32.2. The molecule has 2 heterocycles. The number of hydrogen-bond donors (Lipinski definition) is 0. The molecule has 8 rings (SSSR count). The Kier molecular flexibility index (Phi) is 26.2. The first-order valence-corrected chi connectivity index (χ1v) is 32.8. The Hall–Kier alpha value is -7.60. The molecule has 0 saturated carbocycles. The molecule has 490 valence electrons. The second-order valence-electron chi connectivity index (χ2n) is 23.1. The lowest BCUT2D eigenvalue weighted by atomic mass is 9.86. The highest BCUT2D eigenvalue weighted by molar-refractivity contribution is 7.86. The summed E-state index contributed by atoms with van der Waals surface area (Å²) in [6, 6.07) is 35.2. The summed E-state index contributed by atoms with van der Waals surface area (Å²) in [4.78, 5) is 30.9. The molecular weight excluding hydrogens is 1190 g/mol. The minimum atomic E-state index is -4.25. The third kappa shape index (κ3) is 19.0. The van der Waals surface area contributed by atoms with Gasteiger partial charge in [-0.05, 0) is 108 Å². The number of hydrogen-bond acceptors (Lipinski definition) is 16. The lowest BCUT2D eigenvalue weighted by molar-refractivity contribution is -0.940. The van der Waals surface area contributed by atoms with E-state index < -0.39 is 20.2 Å². The molecule has 4 unspecified atom stereocenters. The first-order valence-electron chi connectivity index (χ1n) is 30.0. The molecule has 6 aromatic carbocycles. The second kappa shape index (κ2) is 32.9. The topological polar surface area (TPSA) is 229 Å². The first kappa shape index (κ1) is 71.5. The standard InChI is InChI=1S/C56H80N4O10.2C6H6O3S/c1-57(55(61)23-29-59(3)27-21-41-35-51(67-9)53(69-11)37-43(41)45(59)31-39-17-19-47(63-5)49(33-39)65-7)25-15-13-14-16-26-58(2)56(62)24-30-60(4)28-22-42-36-52(68-10)54(70-12)38-44(42)46(60)32-40-18-20-48(64-6)50(34-40)66-8;2*7-10(8,9)6-4-2-1-3-5-6/h17-20,33-38,45-46H,13-16,21-32H2,1-12H3;2*1-5H,(H,7,8,9)/q+2;;/p-2. The van der Waals surface area contributed by atoms with Gasteiger partial charge in [0.05, 0.1) is 120 Å². The fourth-order valence-electron chi connectivity index (χ4n) is 11.9. The zero-order valence-electron chi connectivity index (χ0n) is 54.2. The van der Waals surface area contributed by atoms with Gasteiger partial charge in [0.2, 0.25) is 11.8 Å². The molecular formula is C68H90N4O16S2. The maximum Gasteiger partial charge on any atom is 0.227 e. The summed E-state index contributed by atoms with van der Waals surface area (Å²) in [5.74, 6) is 5.97. The van der Waals surface area contributed by atoms with E-state index in [4.69, 9.17) is 37.9 Å². The van der Waals surface area contributed by atoms with Crippen molar-refractivity contribution >= 4 is 32.1 Å². The number of carbonyl (C=O) groups is 2. The van der Waals surface area contributed by atoms with E-state index in [0.29, 0.717) is 73.5 Å². The largest absolute Gasteiger partial charge is 0.744 e. The molecule has 0 N–H and O–H groups in total. The normalized spacial score (nSPS) is 17.5. The molecule has 0 fully saturated rings. The number of ether oxygens (including phenoxy) is 8. The van der Waals surface area contributed by atoms with Crippen LogP contribution in [-0.4, -0.2) is 181 Å². The van der Waals surface area contributed by atoms with Crippen molar-refractivity contribution in [3.63, 3.8) is 0 Å². The summed E-state index contributed by atoms with van der Waals surface area (Å²) in [5, 5.41) is 0. The van der Waals surface area contributed by atoms with Crippen LogP contribution >= 0.6 is 0 Å². The zero-order valence-corrected chi connectivity index (χ0v) is 55.8. The highest BCUT2D eigenvalue weighted by Crippen LogP contribution is 2.45. The monoisotopic (exact) mass is 1280 g/mol. The van der Waals surface area contributed by atoms with Crippen molar-refractivity contribution in [2.45, 2.75) is 86.1 Å². The Morgan fingerprint density at radius 2 is 0.756 bits per heavy atom. The Morgan fingerprint density at radius 1 is 0.444 bits per heavy atom. The van der Waals surface area contributed by atoms with Gasteiger partial charge in [-0.1, -0.05) is 61.4 Å². The van der Waals surface area contributed by atoms with Crippen LogP contribution in [0.15, 0.2) is 131 Å². The van der Waals surface area contributed by atoms with Crippen molar-refractivity contribution in [2.75, 3.05) is 124 Å². The number of amides is 2. The SMILES string of the molecule is COc1ccc(CC2c3cc(OC)c(OC)cc3CC[N+]2(C)CCC(=O)N(C)CCCCCCN(C)C(=O)CC[N+]2(C)CCc3cc(OC)c(OC)cc3C2Cc2ccc(OC)c(OC)c2)cc1OC.O=S(=O)([O-])c1ccccc1.O=S(=O)([O-])c1ccccc1. The Bertz CT molecular complexity index is 3330. The Balaban J connectivity index is 0.000000543. The van der Waals surface area contributed by atoms with E-state index in [1.54, 1.807) is 69.0 Å². The fourth-order valence-corrected chi connectivity index (χ4v) is 12.9. The van der Waals surface area contributed by atoms with Gasteiger partial charge in [0.25, 0.3) is 0 Å². The number of likely N-dealkylation sites (N-methyl/N-ethyl adjacent to an activating group) is 2. The lowest BCUT2D eigenvalue weighted by Crippen LogP contribution is -2.53. The van der Waals surface area contributed by atoms with Crippen LogP contribution < -0.4 is 37.9 Å². The van der Waals surface area contributed by atoms with Crippen LogP contribution in [0, 0.1) is 0 Å². The molecule has 0 spiro atoms. The van der Waals surface area contributed by atoms with Gasteiger partial charge in [-0.25, -0.2) is 16.8 Å². The quantitative estimate of drug-likeness (QED) is 0.0266. The van der Waals surface area contributed by atoms with Crippen LogP contribution in [0.3, 0.4) is 0 Å². The van der Waals surface area contributed by atoms with E-state index in [-0.39, 0.29) is 33.7 Å². The van der Waals surface area contributed by atoms with Gasteiger partial charge >= 0.3 is 0 Å². The average Bonchev–Trinajstić information content (AvgIpc) is 0.776. The molecule has 0 aliphatic carbocycles. The summed E-state index contributed by atoms with van der Waals surface area (Å²) >= 11 is 0. The third-order valence-corrected chi connectivity index (χ3v) is 19.1. The molecule has 0 aromatic heterocycles. The van der Waals surface area contributed by atoms with Crippen LogP contribution in [0.4, 0.5) is 0 Å². The molecule has 2 aliphatic rings. The maximum absolute atomic E-state index is 13.7. The number of rotatable bonds is 27. The molecule has 4 atom stereocenters. The van der Waals surface area contributed by atoms with Gasteiger partial charge in [-0.2, -0.15) is 0 Å². The molecule has 0 radical (unpaired) electrons. The molecule has 22 heteroatoms. The summed E-state index contributed by atoms with van der Waals surface area (Å²) in [6.45, 7) is 4.62.